The second-order valence-electron chi connectivity index (χ2n) is 9.17. The number of hydrogen-bond acceptors (Lipinski definition) is 4. The van der Waals surface area contributed by atoms with Gasteiger partial charge in [-0.05, 0) is 62.6 Å². The number of rotatable bonds is 4. The van der Waals surface area contributed by atoms with E-state index >= 15 is 0 Å². The Hall–Kier alpha value is -1.94. The zero-order chi connectivity index (χ0) is 19.7. The van der Waals surface area contributed by atoms with Crippen LogP contribution < -0.4 is 0 Å². The molecule has 0 spiro atoms. The van der Waals surface area contributed by atoms with Gasteiger partial charge in [0.05, 0.1) is 35.5 Å². The molecule has 1 saturated carbocycles. The maximum Gasteiger partial charge on any atom is 0.314 e. The van der Waals surface area contributed by atoms with Crippen molar-refractivity contribution in [2.24, 2.45) is 23.7 Å². The molecule has 2 aliphatic heterocycles. The summed E-state index contributed by atoms with van der Waals surface area (Å²) in [6.07, 6.45) is 3.72. The van der Waals surface area contributed by atoms with E-state index in [0.717, 1.165) is 42.4 Å². The Morgan fingerprint density at radius 3 is 2.43 bits per heavy atom. The van der Waals surface area contributed by atoms with Crippen molar-refractivity contribution in [1.29, 1.82) is 0 Å². The van der Waals surface area contributed by atoms with Gasteiger partial charge in [0.1, 0.15) is 5.76 Å². The molecule has 2 saturated heterocycles. The van der Waals surface area contributed by atoms with E-state index in [4.69, 9.17) is 9.47 Å². The van der Waals surface area contributed by atoms with E-state index in [0.29, 0.717) is 17.3 Å². The zero-order valence-electron chi connectivity index (χ0n) is 17.1. The lowest BCUT2D eigenvalue weighted by Gasteiger charge is -2.27. The highest BCUT2D eigenvalue weighted by atomic mass is 16.5. The molecule has 0 radical (unpaired) electrons. The van der Waals surface area contributed by atoms with Crippen LogP contribution in [0.5, 0.6) is 0 Å². The number of aryl methyl sites for hydroxylation is 3. The summed E-state index contributed by atoms with van der Waals surface area (Å²) >= 11 is 0. The van der Waals surface area contributed by atoms with E-state index in [1.807, 2.05) is 13.8 Å². The summed E-state index contributed by atoms with van der Waals surface area (Å²) < 4.78 is 12.2. The van der Waals surface area contributed by atoms with Crippen molar-refractivity contribution < 1.29 is 19.1 Å². The lowest BCUT2D eigenvalue weighted by molar-refractivity contribution is -0.142. The van der Waals surface area contributed by atoms with Crippen LogP contribution in [0.15, 0.2) is 17.9 Å². The van der Waals surface area contributed by atoms with Crippen LogP contribution in [0.25, 0.3) is 5.57 Å². The molecular weight excluding hydrogens is 352 g/mol. The van der Waals surface area contributed by atoms with Gasteiger partial charge in [-0.25, -0.2) is 0 Å². The van der Waals surface area contributed by atoms with E-state index in [9.17, 15) is 9.59 Å². The van der Waals surface area contributed by atoms with Crippen molar-refractivity contribution >= 4 is 17.3 Å². The van der Waals surface area contributed by atoms with Gasteiger partial charge in [0.2, 0.25) is 0 Å². The third kappa shape index (κ3) is 2.53. The number of carbonyl (C=O) groups is 2. The molecular formula is C24H28O4. The van der Waals surface area contributed by atoms with Gasteiger partial charge >= 0.3 is 5.97 Å². The normalized spacial score (nSPS) is 33.6. The summed E-state index contributed by atoms with van der Waals surface area (Å²) in [6.45, 7) is 8.33. The first kappa shape index (κ1) is 18.1. The molecule has 148 valence electrons. The van der Waals surface area contributed by atoms with Crippen LogP contribution in [-0.2, 0) is 19.1 Å². The Morgan fingerprint density at radius 1 is 1.14 bits per heavy atom. The van der Waals surface area contributed by atoms with Gasteiger partial charge in [0, 0.05) is 0 Å². The van der Waals surface area contributed by atoms with Crippen LogP contribution in [0.1, 0.15) is 54.9 Å². The van der Waals surface area contributed by atoms with E-state index in [1.165, 1.54) is 5.56 Å². The number of allylic oxidation sites excluding steroid dienone is 1. The van der Waals surface area contributed by atoms with Gasteiger partial charge in [-0.15, -0.1) is 0 Å². The average molecular weight is 380 g/mol. The largest absolute Gasteiger partial charge is 0.430 e. The smallest absolute Gasteiger partial charge is 0.314 e. The van der Waals surface area contributed by atoms with Gasteiger partial charge in [-0.3, -0.25) is 9.59 Å². The lowest BCUT2D eigenvalue weighted by atomic mass is 9.74. The number of ether oxygens (including phenoxy) is 2. The molecule has 4 nitrogen and oxygen atoms in total. The first-order valence-corrected chi connectivity index (χ1v) is 10.6. The number of esters is 1. The van der Waals surface area contributed by atoms with Crippen LogP contribution in [0.4, 0.5) is 0 Å². The molecule has 2 bridgehead atoms. The van der Waals surface area contributed by atoms with Crippen molar-refractivity contribution in [2.45, 2.75) is 65.6 Å². The van der Waals surface area contributed by atoms with Crippen molar-refractivity contribution in [3.8, 4) is 0 Å². The number of benzene rings is 1. The molecule has 1 aromatic carbocycles. The van der Waals surface area contributed by atoms with Crippen molar-refractivity contribution in [1.82, 2.24) is 0 Å². The average Bonchev–Trinajstić information content (AvgIpc) is 3.24. The van der Waals surface area contributed by atoms with Crippen LogP contribution >= 0.6 is 0 Å². The van der Waals surface area contributed by atoms with Crippen molar-refractivity contribution in [3.63, 3.8) is 0 Å². The Bertz CT molecular complexity index is 884. The fourth-order valence-electron chi connectivity index (χ4n) is 5.79. The number of ketones is 1. The first-order valence-electron chi connectivity index (χ1n) is 10.6. The SMILES string of the molecule is CCC1CC2OC1[C@H]1C(OC(=O)C3CC3)=C(c3c(C)cc(C)cc3C)C(=O)[C@@H]21. The molecule has 2 heterocycles. The van der Waals surface area contributed by atoms with Gasteiger partial charge in [-0.1, -0.05) is 31.0 Å². The number of carbonyl (C=O) groups excluding carboxylic acids is 2. The van der Waals surface area contributed by atoms with E-state index < -0.39 is 0 Å². The van der Waals surface area contributed by atoms with Crippen LogP contribution in [0.2, 0.25) is 0 Å². The van der Waals surface area contributed by atoms with E-state index in [-0.39, 0.29) is 41.7 Å². The molecule has 1 aromatic rings. The van der Waals surface area contributed by atoms with Crippen LogP contribution in [0.3, 0.4) is 0 Å². The van der Waals surface area contributed by atoms with Crippen LogP contribution in [0, 0.1) is 44.4 Å². The Labute approximate surface area is 166 Å². The predicted molar refractivity (Wildman–Crippen MR) is 105 cm³/mol. The topological polar surface area (TPSA) is 52.6 Å². The van der Waals surface area contributed by atoms with E-state index in [1.54, 1.807) is 0 Å². The molecule has 0 aromatic heterocycles. The Morgan fingerprint density at radius 2 is 1.82 bits per heavy atom. The molecule has 5 atom stereocenters. The maximum absolute atomic E-state index is 13.6. The summed E-state index contributed by atoms with van der Waals surface area (Å²) in [5, 5.41) is 0. The second-order valence-corrected chi connectivity index (χ2v) is 9.17. The lowest BCUT2D eigenvalue weighted by Crippen LogP contribution is -2.35. The molecule has 3 fully saturated rings. The first-order chi connectivity index (χ1) is 13.4. The summed E-state index contributed by atoms with van der Waals surface area (Å²) in [5.41, 5.74) is 4.92. The summed E-state index contributed by atoms with van der Waals surface area (Å²) in [6, 6.07) is 4.22. The number of Topliss-reactive ketones (excluding diaryl/α,β-unsaturated/α-hetero) is 1. The molecule has 0 N–H and O–H groups in total. The third-order valence-corrected chi connectivity index (χ3v) is 7.14. The summed E-state index contributed by atoms with van der Waals surface area (Å²) in [7, 11) is 0. The molecule has 5 rings (SSSR count). The highest BCUT2D eigenvalue weighted by Crippen LogP contribution is 2.57. The molecule has 3 unspecified atom stereocenters. The maximum atomic E-state index is 13.6. The molecule has 28 heavy (non-hydrogen) atoms. The highest BCUT2D eigenvalue weighted by molar-refractivity contribution is 6.26. The predicted octanol–water partition coefficient (Wildman–Crippen LogP) is 4.29. The van der Waals surface area contributed by atoms with Crippen LogP contribution in [-0.4, -0.2) is 24.0 Å². The Kier molecular flexibility index (Phi) is 4.06. The van der Waals surface area contributed by atoms with Gasteiger partial charge in [-0.2, -0.15) is 0 Å². The van der Waals surface area contributed by atoms with E-state index in [2.05, 4.69) is 26.0 Å². The zero-order valence-corrected chi connectivity index (χ0v) is 17.1. The number of hydrogen-bond donors (Lipinski definition) is 0. The summed E-state index contributed by atoms with van der Waals surface area (Å²) in [4.78, 5) is 26.2. The fourth-order valence-corrected chi connectivity index (χ4v) is 5.79. The standard InChI is InChI=1S/C24H28O4/c1-5-14-10-16-18-20(22(14)27-16)23(28-24(26)15-6-7-15)19(21(18)25)17-12(3)8-11(2)9-13(17)4/h8-9,14-16,18,20,22H,5-7,10H2,1-4H3/t14?,16?,18-,20-,22?/m0/s1. The fraction of sp³-hybridized carbons (Fsp3) is 0.583. The van der Waals surface area contributed by atoms with Gasteiger partial charge < -0.3 is 9.47 Å². The minimum atomic E-state index is -0.190. The molecule has 4 heteroatoms. The molecule has 2 aliphatic carbocycles. The van der Waals surface area contributed by atoms with Crippen molar-refractivity contribution in [3.05, 3.63) is 40.1 Å². The minimum absolute atomic E-state index is 0.00425. The monoisotopic (exact) mass is 380 g/mol. The minimum Gasteiger partial charge on any atom is -0.430 e. The third-order valence-electron chi connectivity index (χ3n) is 7.14. The highest BCUT2D eigenvalue weighted by Gasteiger charge is 2.63. The second kappa shape index (κ2) is 6.28. The Balaban J connectivity index is 1.65. The van der Waals surface area contributed by atoms with Gasteiger partial charge in [0.15, 0.2) is 5.78 Å². The molecule has 0 amide bonds. The molecule has 4 aliphatic rings. The van der Waals surface area contributed by atoms with Crippen molar-refractivity contribution in [2.75, 3.05) is 0 Å². The quantitative estimate of drug-likeness (QED) is 0.731. The number of fused-ring (bicyclic) bond motifs is 5. The van der Waals surface area contributed by atoms with Gasteiger partial charge in [0.25, 0.3) is 0 Å². The summed E-state index contributed by atoms with van der Waals surface area (Å²) in [5.74, 6) is 0.698.